The lowest BCUT2D eigenvalue weighted by Gasteiger charge is -2.20. The van der Waals surface area contributed by atoms with Gasteiger partial charge >= 0.3 is 6.18 Å². The third-order valence-corrected chi connectivity index (χ3v) is 3.34. The van der Waals surface area contributed by atoms with Crippen molar-refractivity contribution in [1.29, 1.82) is 0 Å². The van der Waals surface area contributed by atoms with Gasteiger partial charge in [0.2, 0.25) is 0 Å². The highest BCUT2D eigenvalue weighted by atomic mass is 19.4. The van der Waals surface area contributed by atoms with Crippen LogP contribution in [0, 0.1) is 0 Å². The number of nitrogens with one attached hydrogen (secondary N) is 1. The topological polar surface area (TPSA) is 53.2 Å². The lowest BCUT2D eigenvalue weighted by Crippen LogP contribution is -2.36. The van der Waals surface area contributed by atoms with Crippen molar-refractivity contribution in [3.63, 3.8) is 0 Å². The van der Waals surface area contributed by atoms with Crippen LogP contribution < -0.4 is 5.56 Å². The first-order valence-electron chi connectivity index (χ1n) is 6.49. The van der Waals surface area contributed by atoms with Crippen molar-refractivity contribution in [1.82, 2.24) is 9.88 Å². The number of hydrogen-bond acceptors (Lipinski definition) is 2. The quantitative estimate of drug-likeness (QED) is 0.862. The molecule has 1 aliphatic rings. The number of rotatable bonds is 1. The Kier molecular flexibility index (Phi) is 4.15. The Morgan fingerprint density at radius 2 is 1.70 bits per heavy atom. The molecule has 110 valence electrons. The number of pyridine rings is 1. The van der Waals surface area contributed by atoms with Crippen LogP contribution in [0.3, 0.4) is 0 Å². The normalized spacial score (nSPS) is 16.9. The molecule has 4 nitrogen and oxygen atoms in total. The Bertz CT molecular complexity index is 543. The van der Waals surface area contributed by atoms with E-state index in [9.17, 15) is 22.8 Å². The molecule has 1 fully saturated rings. The van der Waals surface area contributed by atoms with Crippen molar-refractivity contribution in [3.8, 4) is 0 Å². The number of carbonyl (C=O) groups excluding carboxylic acids is 1. The highest BCUT2D eigenvalue weighted by molar-refractivity contribution is 5.93. The van der Waals surface area contributed by atoms with E-state index in [1.807, 2.05) is 0 Å². The molecule has 0 bridgehead atoms. The zero-order valence-corrected chi connectivity index (χ0v) is 10.8. The predicted octanol–water partition coefficient (Wildman–Crippen LogP) is 2.41. The summed E-state index contributed by atoms with van der Waals surface area (Å²) in [5, 5.41) is 0. The number of amides is 1. The third kappa shape index (κ3) is 3.20. The second kappa shape index (κ2) is 5.68. The maximum Gasteiger partial charge on any atom is 0.431 e. The molecule has 0 unspecified atom stereocenters. The first kappa shape index (κ1) is 14.6. The van der Waals surface area contributed by atoms with Gasteiger partial charge < -0.3 is 9.88 Å². The zero-order chi connectivity index (χ0) is 14.8. The number of aromatic nitrogens is 1. The summed E-state index contributed by atoms with van der Waals surface area (Å²) in [4.78, 5) is 27.1. The van der Waals surface area contributed by atoms with Gasteiger partial charge in [0.05, 0.1) is 0 Å². The Morgan fingerprint density at radius 3 is 2.20 bits per heavy atom. The lowest BCUT2D eigenvalue weighted by molar-refractivity contribution is -0.141. The van der Waals surface area contributed by atoms with Crippen molar-refractivity contribution in [3.05, 3.63) is 33.7 Å². The lowest BCUT2D eigenvalue weighted by atomic mass is 10.2. The van der Waals surface area contributed by atoms with Gasteiger partial charge in [0.1, 0.15) is 11.3 Å². The summed E-state index contributed by atoms with van der Waals surface area (Å²) in [7, 11) is 0. The van der Waals surface area contributed by atoms with Crippen LogP contribution in [-0.2, 0) is 6.18 Å². The van der Waals surface area contributed by atoms with Crippen molar-refractivity contribution in [2.75, 3.05) is 13.1 Å². The maximum atomic E-state index is 12.4. The standard InChI is InChI=1S/C13H15F3N2O2/c14-13(15,16)10-6-5-9(11(19)17-10)12(20)18-7-3-1-2-4-8-18/h5-6H,1-4,7-8H2,(H,17,19). The molecule has 1 amide bonds. The number of hydrogen-bond donors (Lipinski definition) is 1. The number of aromatic amines is 1. The summed E-state index contributed by atoms with van der Waals surface area (Å²) in [6.45, 7) is 1.08. The van der Waals surface area contributed by atoms with E-state index in [4.69, 9.17) is 0 Å². The average Bonchev–Trinajstić information content (AvgIpc) is 2.65. The van der Waals surface area contributed by atoms with E-state index >= 15 is 0 Å². The summed E-state index contributed by atoms with van der Waals surface area (Å²) in [6.07, 6.45) is -0.877. The molecule has 2 rings (SSSR count). The molecule has 1 aromatic heterocycles. The molecular formula is C13H15F3N2O2. The Labute approximate surface area is 113 Å². The van der Waals surface area contributed by atoms with Crippen LogP contribution in [-0.4, -0.2) is 28.9 Å². The van der Waals surface area contributed by atoms with Crippen LogP contribution in [0.2, 0.25) is 0 Å². The molecule has 1 aromatic rings. The van der Waals surface area contributed by atoms with E-state index in [0.29, 0.717) is 13.1 Å². The molecule has 0 aliphatic carbocycles. The average molecular weight is 288 g/mol. The number of nitrogens with zero attached hydrogens (tertiary/aromatic N) is 1. The fourth-order valence-corrected chi connectivity index (χ4v) is 2.25. The zero-order valence-electron chi connectivity index (χ0n) is 10.8. The van der Waals surface area contributed by atoms with Crippen LogP contribution in [0.15, 0.2) is 16.9 Å². The van der Waals surface area contributed by atoms with Crippen LogP contribution in [0.1, 0.15) is 41.7 Å². The molecule has 1 N–H and O–H groups in total. The number of carbonyl (C=O) groups is 1. The van der Waals surface area contributed by atoms with Crippen molar-refractivity contribution >= 4 is 5.91 Å². The second-order valence-electron chi connectivity index (χ2n) is 4.82. The number of H-pyrrole nitrogens is 1. The number of alkyl halides is 3. The van der Waals surface area contributed by atoms with Gasteiger partial charge in [0.25, 0.3) is 11.5 Å². The molecule has 0 spiro atoms. The van der Waals surface area contributed by atoms with Crippen molar-refractivity contribution in [2.24, 2.45) is 0 Å². The maximum absolute atomic E-state index is 12.4. The van der Waals surface area contributed by atoms with Crippen LogP contribution >= 0.6 is 0 Å². The Morgan fingerprint density at radius 1 is 1.10 bits per heavy atom. The fraction of sp³-hybridized carbons (Fsp3) is 0.538. The molecule has 0 aromatic carbocycles. The Balaban J connectivity index is 2.24. The summed E-state index contributed by atoms with van der Waals surface area (Å²) in [5.41, 5.74) is -2.37. The number of halogens is 3. The Hall–Kier alpha value is -1.79. The van der Waals surface area contributed by atoms with E-state index in [1.165, 1.54) is 4.90 Å². The minimum Gasteiger partial charge on any atom is -0.338 e. The SMILES string of the molecule is O=C(c1ccc(C(F)(F)F)[nH]c1=O)N1CCCCCC1. The molecule has 0 atom stereocenters. The van der Waals surface area contributed by atoms with Gasteiger partial charge in [-0.2, -0.15) is 13.2 Å². The molecule has 1 saturated heterocycles. The van der Waals surface area contributed by atoms with E-state index in [1.54, 1.807) is 4.98 Å². The van der Waals surface area contributed by atoms with Gasteiger partial charge in [0.15, 0.2) is 0 Å². The van der Waals surface area contributed by atoms with Crippen LogP contribution in [0.25, 0.3) is 0 Å². The van der Waals surface area contributed by atoms with E-state index in [2.05, 4.69) is 0 Å². The van der Waals surface area contributed by atoms with Crippen LogP contribution in [0.4, 0.5) is 13.2 Å². The summed E-state index contributed by atoms with van der Waals surface area (Å²) >= 11 is 0. The van der Waals surface area contributed by atoms with E-state index in [0.717, 1.165) is 37.8 Å². The van der Waals surface area contributed by atoms with Gasteiger partial charge in [0, 0.05) is 13.1 Å². The monoisotopic (exact) mass is 288 g/mol. The minimum absolute atomic E-state index is 0.236. The molecular weight excluding hydrogens is 273 g/mol. The summed E-state index contributed by atoms with van der Waals surface area (Å²) < 4.78 is 37.3. The smallest absolute Gasteiger partial charge is 0.338 e. The predicted molar refractivity (Wildman–Crippen MR) is 66.4 cm³/mol. The van der Waals surface area contributed by atoms with Crippen molar-refractivity contribution in [2.45, 2.75) is 31.9 Å². The second-order valence-corrected chi connectivity index (χ2v) is 4.82. The molecule has 1 aliphatic heterocycles. The molecule has 0 radical (unpaired) electrons. The molecule has 7 heteroatoms. The number of likely N-dealkylation sites (tertiary alicyclic amines) is 1. The van der Waals surface area contributed by atoms with Gasteiger partial charge in [-0.25, -0.2) is 0 Å². The summed E-state index contributed by atoms with van der Waals surface area (Å²) in [5.74, 6) is -0.498. The highest BCUT2D eigenvalue weighted by Crippen LogP contribution is 2.26. The van der Waals surface area contributed by atoms with Gasteiger partial charge in [-0.3, -0.25) is 9.59 Å². The first-order chi connectivity index (χ1) is 9.39. The highest BCUT2D eigenvalue weighted by Gasteiger charge is 2.32. The van der Waals surface area contributed by atoms with E-state index in [-0.39, 0.29) is 5.56 Å². The largest absolute Gasteiger partial charge is 0.431 e. The first-order valence-corrected chi connectivity index (χ1v) is 6.49. The van der Waals surface area contributed by atoms with Crippen LogP contribution in [0.5, 0.6) is 0 Å². The van der Waals surface area contributed by atoms with Crippen molar-refractivity contribution < 1.29 is 18.0 Å². The van der Waals surface area contributed by atoms with Gasteiger partial charge in [-0.15, -0.1) is 0 Å². The van der Waals surface area contributed by atoms with E-state index < -0.39 is 23.3 Å². The summed E-state index contributed by atoms with van der Waals surface area (Å²) in [6, 6.07) is 1.68. The minimum atomic E-state index is -4.62. The third-order valence-electron chi connectivity index (χ3n) is 3.34. The van der Waals surface area contributed by atoms with Gasteiger partial charge in [-0.05, 0) is 25.0 Å². The molecule has 2 heterocycles. The molecule has 20 heavy (non-hydrogen) atoms. The molecule has 0 saturated carbocycles. The van der Waals surface area contributed by atoms with Gasteiger partial charge in [-0.1, -0.05) is 12.8 Å². The fourth-order valence-electron chi connectivity index (χ4n) is 2.25.